The summed E-state index contributed by atoms with van der Waals surface area (Å²) in [5.74, 6) is 0.689. The molecule has 0 unspecified atom stereocenters. The zero-order chi connectivity index (χ0) is 25.5. The molecular formula is C24H49N3O8. The Morgan fingerprint density at radius 2 is 0.829 bits per heavy atom. The van der Waals surface area contributed by atoms with Crippen molar-refractivity contribution in [3.8, 4) is 0 Å². The maximum absolute atomic E-state index is 8.11. The monoisotopic (exact) mass is 507 g/mol. The van der Waals surface area contributed by atoms with Gasteiger partial charge in [0.1, 0.15) is 0 Å². The lowest BCUT2D eigenvalue weighted by Crippen LogP contribution is -2.14. The van der Waals surface area contributed by atoms with Crippen molar-refractivity contribution >= 4 is 0 Å². The van der Waals surface area contributed by atoms with Gasteiger partial charge >= 0.3 is 0 Å². The predicted molar refractivity (Wildman–Crippen MR) is 134 cm³/mol. The number of hydrogen-bond acceptors (Lipinski definition) is 9. The lowest BCUT2D eigenvalue weighted by molar-refractivity contribution is -0.0166. The zero-order valence-corrected chi connectivity index (χ0v) is 22.0. The normalized spacial score (nSPS) is 11.3. The molecule has 0 aromatic carbocycles. The third kappa shape index (κ3) is 33.0. The molecule has 0 saturated carbocycles. The van der Waals surface area contributed by atoms with Crippen LogP contribution in [0.1, 0.15) is 39.5 Å². The highest BCUT2D eigenvalue weighted by molar-refractivity contribution is 4.45. The van der Waals surface area contributed by atoms with Gasteiger partial charge in [0.25, 0.3) is 0 Å². The fourth-order valence-corrected chi connectivity index (χ4v) is 2.58. The van der Waals surface area contributed by atoms with E-state index < -0.39 is 0 Å². The van der Waals surface area contributed by atoms with E-state index in [1.54, 1.807) is 0 Å². The van der Waals surface area contributed by atoms with E-state index in [2.05, 4.69) is 23.9 Å². The highest BCUT2D eigenvalue weighted by Gasteiger charge is 1.96. The van der Waals surface area contributed by atoms with Crippen molar-refractivity contribution in [3.63, 3.8) is 0 Å². The van der Waals surface area contributed by atoms with Crippen molar-refractivity contribution in [3.05, 3.63) is 10.4 Å². The van der Waals surface area contributed by atoms with E-state index in [-0.39, 0.29) is 0 Å². The second-order valence-electron chi connectivity index (χ2n) is 8.10. The molecule has 0 N–H and O–H groups in total. The van der Waals surface area contributed by atoms with Crippen molar-refractivity contribution in [2.45, 2.75) is 39.5 Å². The molecule has 0 rings (SSSR count). The number of unbranched alkanes of at least 4 members (excludes halogenated alkanes) is 2. The van der Waals surface area contributed by atoms with Gasteiger partial charge in [-0.3, -0.25) is 0 Å². The van der Waals surface area contributed by atoms with Crippen LogP contribution in [0.4, 0.5) is 0 Å². The molecule has 0 aromatic rings. The SMILES string of the molecule is CC(C)CCOCCOCCCCCOCCOCCOCCOCCOCCOCCN=[N+]=[N-]. The van der Waals surface area contributed by atoms with Gasteiger partial charge in [0, 0.05) is 31.3 Å². The maximum atomic E-state index is 8.11. The number of ether oxygens (including phenoxy) is 8. The van der Waals surface area contributed by atoms with Crippen LogP contribution in [0, 0.1) is 5.92 Å². The standard InChI is InChI=1S/C24H49N3O8/c1-24(2)6-10-30-14-12-28-8-4-3-5-9-29-13-16-32-18-20-34-22-23-35-21-19-33-17-15-31-11-7-26-27-25/h24H,3-23H2,1-2H3. The van der Waals surface area contributed by atoms with Gasteiger partial charge in [0.05, 0.1) is 85.9 Å². The van der Waals surface area contributed by atoms with E-state index in [4.69, 9.17) is 43.4 Å². The van der Waals surface area contributed by atoms with Gasteiger partial charge in [-0.2, -0.15) is 0 Å². The summed E-state index contributed by atoms with van der Waals surface area (Å²) in [5.41, 5.74) is 8.11. The summed E-state index contributed by atoms with van der Waals surface area (Å²) in [6, 6.07) is 0. The van der Waals surface area contributed by atoms with Crippen LogP contribution in [0.15, 0.2) is 5.11 Å². The van der Waals surface area contributed by atoms with E-state index >= 15 is 0 Å². The van der Waals surface area contributed by atoms with Crippen LogP contribution in [-0.4, -0.2) is 112 Å². The Labute approximate surface area is 211 Å². The van der Waals surface area contributed by atoms with Crippen molar-refractivity contribution < 1.29 is 37.9 Å². The molecule has 208 valence electrons. The molecule has 0 amide bonds. The molecule has 0 aliphatic carbocycles. The van der Waals surface area contributed by atoms with Crippen LogP contribution in [-0.2, 0) is 37.9 Å². The van der Waals surface area contributed by atoms with Gasteiger partial charge < -0.3 is 37.9 Å². The Kier molecular flexibility index (Phi) is 30.1. The largest absolute Gasteiger partial charge is 0.379 e. The van der Waals surface area contributed by atoms with Crippen molar-refractivity contribution in [2.24, 2.45) is 11.0 Å². The van der Waals surface area contributed by atoms with E-state index in [0.29, 0.717) is 98.4 Å². The lowest BCUT2D eigenvalue weighted by Gasteiger charge is -2.08. The van der Waals surface area contributed by atoms with Crippen LogP contribution < -0.4 is 0 Å². The smallest absolute Gasteiger partial charge is 0.0701 e. The topological polar surface area (TPSA) is 123 Å². The summed E-state index contributed by atoms with van der Waals surface area (Å²) in [4.78, 5) is 2.64. The lowest BCUT2D eigenvalue weighted by atomic mass is 10.1. The van der Waals surface area contributed by atoms with Crippen LogP contribution in [0.5, 0.6) is 0 Å². The van der Waals surface area contributed by atoms with Crippen LogP contribution in [0.2, 0.25) is 0 Å². The molecule has 0 heterocycles. The summed E-state index contributed by atoms with van der Waals surface area (Å²) < 4.78 is 43.6. The van der Waals surface area contributed by atoms with E-state index in [1.165, 1.54) is 0 Å². The highest BCUT2D eigenvalue weighted by atomic mass is 16.6. The fraction of sp³-hybridized carbons (Fsp3) is 1.00. The van der Waals surface area contributed by atoms with Crippen LogP contribution in [0.3, 0.4) is 0 Å². The minimum Gasteiger partial charge on any atom is -0.379 e. The third-order valence-electron chi connectivity index (χ3n) is 4.55. The average Bonchev–Trinajstić information content (AvgIpc) is 2.85. The van der Waals surface area contributed by atoms with Gasteiger partial charge in [0.2, 0.25) is 0 Å². The molecule has 0 aliphatic heterocycles. The van der Waals surface area contributed by atoms with E-state index in [1.807, 2.05) is 0 Å². The fourth-order valence-electron chi connectivity index (χ4n) is 2.58. The molecule has 0 radical (unpaired) electrons. The Morgan fingerprint density at radius 3 is 1.20 bits per heavy atom. The molecule has 35 heavy (non-hydrogen) atoms. The maximum Gasteiger partial charge on any atom is 0.0701 e. The predicted octanol–water partition coefficient (Wildman–Crippen LogP) is 3.65. The number of azide groups is 1. The second-order valence-corrected chi connectivity index (χ2v) is 8.10. The minimum atomic E-state index is 0.339. The molecule has 0 aliphatic rings. The van der Waals surface area contributed by atoms with Crippen LogP contribution >= 0.6 is 0 Å². The van der Waals surface area contributed by atoms with E-state index in [0.717, 1.165) is 45.5 Å². The molecule has 0 saturated heterocycles. The summed E-state index contributed by atoms with van der Waals surface area (Å²) in [5, 5.41) is 3.37. The van der Waals surface area contributed by atoms with Crippen molar-refractivity contribution in [2.75, 3.05) is 112 Å². The summed E-state index contributed by atoms with van der Waals surface area (Å²) in [6.07, 6.45) is 4.30. The Balaban J connectivity index is 3.02. The van der Waals surface area contributed by atoms with Gasteiger partial charge in [-0.15, -0.1) is 0 Å². The number of nitrogens with zero attached hydrogens (tertiary/aromatic N) is 3. The first kappa shape index (κ1) is 34.0. The van der Waals surface area contributed by atoms with Crippen molar-refractivity contribution in [1.82, 2.24) is 0 Å². The molecule has 0 aromatic heterocycles. The number of rotatable bonds is 30. The van der Waals surface area contributed by atoms with Gasteiger partial charge in [-0.25, -0.2) is 0 Å². The first-order chi connectivity index (χ1) is 17.3. The first-order valence-electron chi connectivity index (χ1n) is 12.9. The molecule has 0 fully saturated rings. The molecule has 0 bridgehead atoms. The van der Waals surface area contributed by atoms with Gasteiger partial charge in [-0.05, 0) is 37.1 Å². The van der Waals surface area contributed by atoms with Crippen LogP contribution in [0.25, 0.3) is 10.4 Å². The zero-order valence-electron chi connectivity index (χ0n) is 22.0. The summed E-state index contributed by atoms with van der Waals surface area (Å²) in [7, 11) is 0. The Bertz CT molecular complexity index is 454. The summed E-state index contributed by atoms with van der Waals surface area (Å²) in [6.45, 7) is 14.2. The Hall–Kier alpha value is -1.01. The minimum absolute atomic E-state index is 0.339. The molecule has 11 heteroatoms. The molecule has 0 spiro atoms. The number of hydrogen-bond donors (Lipinski definition) is 0. The highest BCUT2D eigenvalue weighted by Crippen LogP contribution is 1.99. The van der Waals surface area contributed by atoms with E-state index in [9.17, 15) is 0 Å². The third-order valence-corrected chi connectivity index (χ3v) is 4.55. The molecular weight excluding hydrogens is 458 g/mol. The van der Waals surface area contributed by atoms with Gasteiger partial charge in [0.15, 0.2) is 0 Å². The molecule has 11 nitrogen and oxygen atoms in total. The quantitative estimate of drug-likeness (QED) is 0.0625. The second kappa shape index (κ2) is 31.0. The average molecular weight is 508 g/mol. The first-order valence-corrected chi connectivity index (χ1v) is 12.9. The molecule has 0 atom stereocenters. The van der Waals surface area contributed by atoms with Gasteiger partial charge in [-0.1, -0.05) is 19.0 Å². The summed E-state index contributed by atoms with van der Waals surface area (Å²) >= 11 is 0. The van der Waals surface area contributed by atoms with Crippen molar-refractivity contribution in [1.29, 1.82) is 0 Å². The Morgan fingerprint density at radius 1 is 0.486 bits per heavy atom.